The van der Waals surface area contributed by atoms with E-state index in [9.17, 15) is 26.7 Å². The summed E-state index contributed by atoms with van der Waals surface area (Å²) >= 11 is 0. The number of nitrogens with zero attached hydrogens (tertiary/aromatic N) is 3. The Morgan fingerprint density at radius 3 is 2.31 bits per heavy atom. The molecule has 0 aliphatic carbocycles. The van der Waals surface area contributed by atoms with Gasteiger partial charge in [0, 0.05) is 18.2 Å². The highest BCUT2D eigenvalue weighted by atomic mass is 19.4. The Kier molecular flexibility index (Phi) is 5.37. The molecule has 0 saturated heterocycles. The van der Waals surface area contributed by atoms with Crippen molar-refractivity contribution in [3.63, 3.8) is 0 Å². The van der Waals surface area contributed by atoms with E-state index >= 15 is 0 Å². The lowest BCUT2D eigenvalue weighted by Gasteiger charge is -2.12. The molecule has 2 aromatic carbocycles. The van der Waals surface area contributed by atoms with Crippen LogP contribution in [-0.4, -0.2) is 20.5 Å². The maximum absolute atomic E-state index is 13.7. The van der Waals surface area contributed by atoms with Crippen LogP contribution in [0.2, 0.25) is 0 Å². The van der Waals surface area contributed by atoms with Gasteiger partial charge in [0.15, 0.2) is 11.3 Å². The molecule has 164 valence electrons. The van der Waals surface area contributed by atoms with Crippen molar-refractivity contribution in [2.75, 3.05) is 0 Å². The van der Waals surface area contributed by atoms with E-state index in [1.54, 1.807) is 24.3 Å². The fraction of sp³-hybridized carbons (Fsp3) is 0.136. The molecule has 4 rings (SSSR count). The van der Waals surface area contributed by atoms with E-state index in [4.69, 9.17) is 0 Å². The number of hydrogen-bond donors (Lipinski definition) is 1. The summed E-state index contributed by atoms with van der Waals surface area (Å²) in [4.78, 5) is 16.9. The summed E-state index contributed by atoms with van der Waals surface area (Å²) in [6.07, 6.45) is -3.78. The number of alkyl halides is 3. The first-order valence-electron chi connectivity index (χ1n) is 9.38. The first kappa shape index (κ1) is 21.4. The van der Waals surface area contributed by atoms with E-state index in [2.05, 4.69) is 15.4 Å². The van der Waals surface area contributed by atoms with E-state index < -0.39 is 29.4 Å². The molecule has 5 nitrogen and oxygen atoms in total. The zero-order valence-corrected chi connectivity index (χ0v) is 16.5. The summed E-state index contributed by atoms with van der Waals surface area (Å²) < 4.78 is 68.2. The first-order chi connectivity index (χ1) is 15.1. The van der Waals surface area contributed by atoms with E-state index in [0.717, 1.165) is 30.0 Å². The topological polar surface area (TPSA) is 59.3 Å². The maximum atomic E-state index is 13.7. The average molecular weight is 446 g/mol. The van der Waals surface area contributed by atoms with Gasteiger partial charge < -0.3 is 5.32 Å². The fourth-order valence-corrected chi connectivity index (χ4v) is 3.19. The minimum atomic E-state index is -4.75. The van der Waals surface area contributed by atoms with Gasteiger partial charge in [0.1, 0.15) is 17.2 Å². The monoisotopic (exact) mass is 446 g/mol. The Morgan fingerprint density at radius 2 is 1.69 bits per heavy atom. The second-order valence-electron chi connectivity index (χ2n) is 7.14. The van der Waals surface area contributed by atoms with Crippen molar-refractivity contribution in [2.45, 2.75) is 19.6 Å². The minimum Gasteiger partial charge on any atom is -0.348 e. The number of fused-ring (bicyclic) bond motifs is 1. The number of amides is 1. The molecule has 0 atom stereocenters. The molecule has 0 aliphatic rings. The Labute approximate surface area is 178 Å². The average Bonchev–Trinajstić information content (AvgIpc) is 3.14. The van der Waals surface area contributed by atoms with Gasteiger partial charge in [0.2, 0.25) is 0 Å². The molecule has 2 heterocycles. The molecule has 2 aromatic heterocycles. The fourth-order valence-electron chi connectivity index (χ4n) is 3.19. The molecule has 10 heteroatoms. The molecule has 1 amide bonds. The van der Waals surface area contributed by atoms with Gasteiger partial charge in [0.25, 0.3) is 5.91 Å². The third-order valence-corrected chi connectivity index (χ3v) is 4.73. The largest absolute Gasteiger partial charge is 0.433 e. The highest BCUT2D eigenvalue weighted by molar-refractivity contribution is 5.99. The van der Waals surface area contributed by atoms with Crippen molar-refractivity contribution in [2.24, 2.45) is 0 Å². The molecule has 0 aliphatic heterocycles. The van der Waals surface area contributed by atoms with Crippen molar-refractivity contribution < 1.29 is 26.7 Å². The molecular formula is C22H15F5N4O. The van der Waals surface area contributed by atoms with Crippen molar-refractivity contribution in [3.8, 4) is 11.3 Å². The van der Waals surface area contributed by atoms with E-state index in [1.165, 1.54) is 0 Å². The number of carbonyl (C=O) groups excluding carboxylic acids is 1. The lowest BCUT2D eigenvalue weighted by molar-refractivity contribution is -0.142. The Morgan fingerprint density at radius 1 is 1.03 bits per heavy atom. The number of nitrogens with one attached hydrogen (secondary N) is 1. The predicted octanol–water partition coefficient (Wildman–Crippen LogP) is 4.93. The predicted molar refractivity (Wildman–Crippen MR) is 106 cm³/mol. The summed E-state index contributed by atoms with van der Waals surface area (Å²) in [5.41, 5.74) is -0.0670. The number of rotatable bonds is 4. The van der Waals surface area contributed by atoms with Crippen LogP contribution >= 0.6 is 0 Å². The van der Waals surface area contributed by atoms with Crippen LogP contribution in [0, 0.1) is 18.6 Å². The summed E-state index contributed by atoms with van der Waals surface area (Å²) in [6.45, 7) is 1.60. The lowest BCUT2D eigenvalue weighted by Crippen LogP contribution is -2.23. The van der Waals surface area contributed by atoms with Crippen LogP contribution in [0.3, 0.4) is 0 Å². The lowest BCUT2D eigenvalue weighted by atomic mass is 10.1. The van der Waals surface area contributed by atoms with E-state index in [1.807, 2.05) is 6.92 Å². The van der Waals surface area contributed by atoms with Crippen LogP contribution in [0.5, 0.6) is 0 Å². The SMILES string of the molecule is Cc1ccc(-c2cc(C(F)(F)F)n3ncc(C(=O)NCc4cc(F)cc(F)c4)c3n2)cc1. The Hall–Kier alpha value is -3.82. The molecule has 4 aromatic rings. The van der Waals surface area contributed by atoms with Gasteiger partial charge in [-0.3, -0.25) is 4.79 Å². The quantitative estimate of drug-likeness (QED) is 0.452. The molecule has 0 saturated carbocycles. The second-order valence-corrected chi connectivity index (χ2v) is 7.14. The summed E-state index contributed by atoms with van der Waals surface area (Å²) in [5, 5.41) is 6.12. The molecule has 32 heavy (non-hydrogen) atoms. The number of carbonyl (C=O) groups is 1. The van der Waals surface area contributed by atoms with Crippen LogP contribution in [0.15, 0.2) is 54.7 Å². The van der Waals surface area contributed by atoms with E-state index in [0.29, 0.717) is 16.1 Å². The molecule has 0 spiro atoms. The van der Waals surface area contributed by atoms with Gasteiger partial charge >= 0.3 is 6.18 Å². The van der Waals surface area contributed by atoms with Crippen LogP contribution in [0.4, 0.5) is 22.0 Å². The number of aryl methyl sites for hydroxylation is 1. The zero-order chi connectivity index (χ0) is 23.0. The zero-order valence-electron chi connectivity index (χ0n) is 16.5. The Balaban J connectivity index is 1.74. The molecule has 0 fully saturated rings. The highest BCUT2D eigenvalue weighted by Crippen LogP contribution is 2.32. The van der Waals surface area contributed by atoms with Gasteiger partial charge in [-0.1, -0.05) is 29.8 Å². The molecule has 0 unspecified atom stereocenters. The third-order valence-electron chi connectivity index (χ3n) is 4.73. The van der Waals surface area contributed by atoms with Crippen LogP contribution in [0.25, 0.3) is 16.9 Å². The minimum absolute atomic E-state index is 0.0200. The van der Waals surface area contributed by atoms with Crippen LogP contribution in [-0.2, 0) is 12.7 Å². The standard InChI is InChI=1S/C22H15F5N4O/c1-12-2-4-14(5-3-12)18-9-19(22(25,26)27)31-20(30-18)17(11-29-31)21(32)28-10-13-6-15(23)8-16(24)7-13/h2-9,11H,10H2,1H3,(H,28,32). The molecule has 0 bridgehead atoms. The van der Waals surface area contributed by atoms with Crippen LogP contribution < -0.4 is 5.32 Å². The van der Waals surface area contributed by atoms with Gasteiger partial charge in [-0.05, 0) is 30.7 Å². The number of halogens is 5. The molecular weight excluding hydrogens is 431 g/mol. The van der Waals surface area contributed by atoms with Gasteiger partial charge in [-0.25, -0.2) is 18.3 Å². The number of benzene rings is 2. The van der Waals surface area contributed by atoms with Crippen molar-refractivity contribution in [3.05, 3.63) is 88.7 Å². The summed E-state index contributed by atoms with van der Waals surface area (Å²) in [7, 11) is 0. The van der Waals surface area contributed by atoms with Gasteiger partial charge in [-0.2, -0.15) is 18.3 Å². The van der Waals surface area contributed by atoms with Crippen LogP contribution in [0.1, 0.15) is 27.2 Å². The van der Waals surface area contributed by atoms with Gasteiger partial charge in [-0.15, -0.1) is 0 Å². The highest BCUT2D eigenvalue weighted by Gasteiger charge is 2.36. The Bertz CT molecular complexity index is 1290. The molecule has 0 radical (unpaired) electrons. The number of hydrogen-bond acceptors (Lipinski definition) is 3. The van der Waals surface area contributed by atoms with Gasteiger partial charge in [0.05, 0.1) is 11.9 Å². The van der Waals surface area contributed by atoms with E-state index in [-0.39, 0.29) is 29.0 Å². The maximum Gasteiger partial charge on any atom is 0.433 e. The normalized spacial score (nSPS) is 11.7. The molecule has 1 N–H and O–H groups in total. The van der Waals surface area contributed by atoms with Crippen molar-refractivity contribution in [1.82, 2.24) is 19.9 Å². The summed E-state index contributed by atoms with van der Waals surface area (Å²) in [5.74, 6) is -2.42. The summed E-state index contributed by atoms with van der Waals surface area (Å²) in [6, 6.07) is 10.3. The van der Waals surface area contributed by atoms with Crippen molar-refractivity contribution in [1.29, 1.82) is 0 Å². The third kappa shape index (κ3) is 4.29. The smallest absolute Gasteiger partial charge is 0.348 e. The first-order valence-corrected chi connectivity index (χ1v) is 9.38. The second kappa shape index (κ2) is 8.03. The number of aromatic nitrogens is 3. The van der Waals surface area contributed by atoms with Crippen molar-refractivity contribution >= 4 is 11.6 Å².